The number of carbonyl (C=O) groups excluding carboxylic acids is 2. The normalized spacial score (nSPS) is 20.7. The molecule has 2 aromatic heterocycles. The third kappa shape index (κ3) is 3.52. The monoisotopic (exact) mass is 393 g/mol. The van der Waals surface area contributed by atoms with Gasteiger partial charge in [-0.15, -0.1) is 0 Å². The predicted molar refractivity (Wildman–Crippen MR) is 105 cm³/mol. The summed E-state index contributed by atoms with van der Waals surface area (Å²) in [5.41, 5.74) is 1.68. The molecule has 0 spiro atoms. The van der Waals surface area contributed by atoms with Crippen molar-refractivity contribution >= 4 is 22.9 Å². The van der Waals surface area contributed by atoms with Gasteiger partial charge in [-0.1, -0.05) is 12.1 Å². The SMILES string of the molecule is O=C1CC(C(=O)N2CCC(c3nc4ccccc4o3)CC2)CN1Cc1ccco1. The molecule has 0 aliphatic carbocycles. The number of hydrogen-bond acceptors (Lipinski definition) is 5. The summed E-state index contributed by atoms with van der Waals surface area (Å²) < 4.78 is 11.2. The first kappa shape index (κ1) is 18.0. The average Bonchev–Trinajstić information content (AvgIpc) is 3.48. The zero-order valence-electron chi connectivity index (χ0n) is 16.1. The minimum absolute atomic E-state index is 0.0149. The maximum atomic E-state index is 13.0. The molecule has 150 valence electrons. The van der Waals surface area contributed by atoms with E-state index in [1.165, 1.54) is 0 Å². The third-order valence-electron chi connectivity index (χ3n) is 5.96. The summed E-state index contributed by atoms with van der Waals surface area (Å²) in [6.45, 7) is 2.23. The molecule has 2 aliphatic rings. The number of rotatable bonds is 4. The lowest BCUT2D eigenvalue weighted by Gasteiger charge is -2.32. The van der Waals surface area contributed by atoms with Gasteiger partial charge in [-0.05, 0) is 37.1 Å². The Hall–Kier alpha value is -3.09. The standard InChI is InChI=1S/C22H23N3O4/c26-20-12-16(13-25(20)14-17-4-3-11-28-17)22(27)24-9-7-15(8-10-24)21-23-18-5-1-2-6-19(18)29-21/h1-6,11,15-16H,7-10,12-14H2. The van der Waals surface area contributed by atoms with E-state index in [-0.39, 0.29) is 30.1 Å². The second-order valence-corrected chi connectivity index (χ2v) is 7.87. The molecule has 0 saturated carbocycles. The molecule has 0 N–H and O–H groups in total. The number of amides is 2. The summed E-state index contributed by atoms with van der Waals surface area (Å²) in [4.78, 5) is 33.5. The predicted octanol–water partition coefficient (Wildman–Crippen LogP) is 3.18. The second-order valence-electron chi connectivity index (χ2n) is 7.87. The molecule has 0 bridgehead atoms. The van der Waals surface area contributed by atoms with Gasteiger partial charge in [0.1, 0.15) is 11.3 Å². The largest absolute Gasteiger partial charge is 0.467 e. The van der Waals surface area contributed by atoms with Crippen LogP contribution in [0.25, 0.3) is 11.1 Å². The van der Waals surface area contributed by atoms with Crippen LogP contribution in [0.4, 0.5) is 0 Å². The lowest BCUT2D eigenvalue weighted by molar-refractivity contribution is -0.136. The number of oxazole rings is 1. The van der Waals surface area contributed by atoms with Crippen LogP contribution in [-0.2, 0) is 16.1 Å². The molecule has 2 saturated heterocycles. The summed E-state index contributed by atoms with van der Waals surface area (Å²) in [5.74, 6) is 1.56. The number of benzene rings is 1. The Kier molecular flexibility index (Phi) is 4.58. The Bertz CT molecular complexity index is 985. The molecule has 1 unspecified atom stereocenters. The summed E-state index contributed by atoms with van der Waals surface area (Å²) in [6, 6.07) is 11.4. The van der Waals surface area contributed by atoms with Crippen molar-refractivity contribution in [2.24, 2.45) is 5.92 Å². The van der Waals surface area contributed by atoms with Crippen molar-refractivity contribution in [1.29, 1.82) is 0 Å². The van der Waals surface area contributed by atoms with Crippen molar-refractivity contribution in [3.8, 4) is 0 Å². The van der Waals surface area contributed by atoms with Gasteiger partial charge in [0.15, 0.2) is 11.5 Å². The van der Waals surface area contributed by atoms with Gasteiger partial charge in [0, 0.05) is 32.0 Å². The fraction of sp³-hybridized carbons (Fsp3) is 0.409. The maximum Gasteiger partial charge on any atom is 0.227 e. The number of furan rings is 1. The molecular formula is C22H23N3O4. The number of para-hydroxylation sites is 2. The first-order valence-corrected chi connectivity index (χ1v) is 10.1. The van der Waals surface area contributed by atoms with E-state index in [2.05, 4.69) is 4.98 Å². The van der Waals surface area contributed by atoms with Gasteiger partial charge in [0.05, 0.1) is 18.7 Å². The molecule has 5 rings (SSSR count). The molecule has 0 radical (unpaired) electrons. The highest BCUT2D eigenvalue weighted by Gasteiger charge is 2.38. The number of fused-ring (bicyclic) bond motifs is 1. The Morgan fingerprint density at radius 1 is 1.14 bits per heavy atom. The van der Waals surface area contributed by atoms with E-state index < -0.39 is 0 Å². The average molecular weight is 393 g/mol. The molecule has 2 fully saturated rings. The van der Waals surface area contributed by atoms with E-state index in [4.69, 9.17) is 8.83 Å². The van der Waals surface area contributed by atoms with Crippen LogP contribution in [0.3, 0.4) is 0 Å². The zero-order valence-corrected chi connectivity index (χ0v) is 16.1. The molecule has 7 nitrogen and oxygen atoms in total. The van der Waals surface area contributed by atoms with Crippen LogP contribution in [0.2, 0.25) is 0 Å². The van der Waals surface area contributed by atoms with Crippen molar-refractivity contribution in [3.63, 3.8) is 0 Å². The molecule has 2 amide bonds. The van der Waals surface area contributed by atoms with Gasteiger partial charge in [-0.2, -0.15) is 0 Å². The smallest absolute Gasteiger partial charge is 0.227 e. The summed E-state index contributed by atoms with van der Waals surface area (Å²) >= 11 is 0. The van der Waals surface area contributed by atoms with Crippen molar-refractivity contribution < 1.29 is 18.4 Å². The Morgan fingerprint density at radius 3 is 2.72 bits per heavy atom. The van der Waals surface area contributed by atoms with E-state index in [9.17, 15) is 9.59 Å². The number of nitrogens with zero attached hydrogens (tertiary/aromatic N) is 3. The van der Waals surface area contributed by atoms with Crippen LogP contribution in [0.5, 0.6) is 0 Å². The van der Waals surface area contributed by atoms with Crippen molar-refractivity contribution in [2.75, 3.05) is 19.6 Å². The Morgan fingerprint density at radius 2 is 1.97 bits per heavy atom. The minimum Gasteiger partial charge on any atom is -0.467 e. The van der Waals surface area contributed by atoms with E-state index in [1.807, 2.05) is 35.2 Å². The highest BCUT2D eigenvalue weighted by Crippen LogP contribution is 2.31. The van der Waals surface area contributed by atoms with Crippen LogP contribution >= 0.6 is 0 Å². The summed E-state index contributed by atoms with van der Waals surface area (Å²) in [7, 11) is 0. The summed E-state index contributed by atoms with van der Waals surface area (Å²) in [5, 5.41) is 0. The molecule has 1 atom stereocenters. The van der Waals surface area contributed by atoms with Crippen LogP contribution in [-0.4, -0.2) is 46.2 Å². The number of piperidine rings is 1. The van der Waals surface area contributed by atoms with E-state index in [1.54, 1.807) is 17.2 Å². The van der Waals surface area contributed by atoms with E-state index >= 15 is 0 Å². The topological polar surface area (TPSA) is 79.8 Å². The first-order valence-electron chi connectivity index (χ1n) is 10.1. The number of likely N-dealkylation sites (tertiary alicyclic amines) is 2. The van der Waals surface area contributed by atoms with Gasteiger partial charge in [0.2, 0.25) is 11.8 Å². The third-order valence-corrected chi connectivity index (χ3v) is 5.96. The van der Waals surface area contributed by atoms with Crippen molar-refractivity contribution in [2.45, 2.75) is 31.7 Å². The molecule has 3 aromatic rings. The van der Waals surface area contributed by atoms with Crippen LogP contribution in [0.15, 0.2) is 51.5 Å². The van der Waals surface area contributed by atoms with Gasteiger partial charge < -0.3 is 18.6 Å². The lowest BCUT2D eigenvalue weighted by atomic mass is 9.95. The second kappa shape index (κ2) is 7.39. The molecule has 4 heterocycles. The van der Waals surface area contributed by atoms with Gasteiger partial charge in [-0.25, -0.2) is 4.98 Å². The molecule has 2 aliphatic heterocycles. The van der Waals surface area contributed by atoms with Gasteiger partial charge in [-0.3, -0.25) is 9.59 Å². The molecular weight excluding hydrogens is 370 g/mol. The number of carbonyl (C=O) groups is 2. The fourth-order valence-electron chi connectivity index (χ4n) is 4.35. The van der Waals surface area contributed by atoms with Gasteiger partial charge >= 0.3 is 0 Å². The first-order chi connectivity index (χ1) is 14.2. The Labute approximate surface area is 168 Å². The van der Waals surface area contributed by atoms with E-state index in [0.29, 0.717) is 26.2 Å². The van der Waals surface area contributed by atoms with Crippen LogP contribution in [0, 0.1) is 5.92 Å². The van der Waals surface area contributed by atoms with Crippen molar-refractivity contribution in [1.82, 2.24) is 14.8 Å². The van der Waals surface area contributed by atoms with Gasteiger partial charge in [0.25, 0.3) is 0 Å². The maximum absolute atomic E-state index is 13.0. The molecule has 1 aromatic carbocycles. The quantitative estimate of drug-likeness (QED) is 0.680. The molecule has 29 heavy (non-hydrogen) atoms. The molecule has 7 heteroatoms. The Balaban J connectivity index is 1.18. The van der Waals surface area contributed by atoms with Crippen LogP contribution < -0.4 is 0 Å². The van der Waals surface area contributed by atoms with E-state index in [0.717, 1.165) is 35.6 Å². The van der Waals surface area contributed by atoms with Crippen molar-refractivity contribution in [3.05, 3.63) is 54.3 Å². The highest BCUT2D eigenvalue weighted by atomic mass is 16.3. The highest BCUT2D eigenvalue weighted by molar-refractivity contribution is 5.89. The number of hydrogen-bond donors (Lipinski definition) is 0. The summed E-state index contributed by atoms with van der Waals surface area (Å²) in [6.07, 6.45) is 3.54. The van der Waals surface area contributed by atoms with Crippen LogP contribution in [0.1, 0.15) is 36.8 Å². The minimum atomic E-state index is -0.265. The lowest BCUT2D eigenvalue weighted by Crippen LogP contribution is -2.42. The fourth-order valence-corrected chi connectivity index (χ4v) is 4.35. The zero-order chi connectivity index (χ0) is 19.8. The number of aromatic nitrogens is 1.